The molecule has 1 N–H and O–H groups in total. The summed E-state index contributed by atoms with van der Waals surface area (Å²) in [6, 6.07) is 7.42. The van der Waals surface area contributed by atoms with Crippen LogP contribution < -0.4 is 10.1 Å². The van der Waals surface area contributed by atoms with Crippen molar-refractivity contribution >= 4 is 23.0 Å². The molecule has 2 aromatic rings. The number of nitrogens with zero attached hydrogens (tertiary/aromatic N) is 1. The van der Waals surface area contributed by atoms with E-state index >= 15 is 0 Å². The molecule has 142 valence electrons. The predicted octanol–water partition coefficient (Wildman–Crippen LogP) is 3.26. The second kappa shape index (κ2) is 8.12. The summed E-state index contributed by atoms with van der Waals surface area (Å²) in [5.74, 6) is 0.286. The molecule has 0 saturated heterocycles. The molecule has 0 aliphatic carbocycles. The van der Waals surface area contributed by atoms with Gasteiger partial charge in [0.2, 0.25) is 0 Å². The number of ether oxygens (including phenoxy) is 3. The lowest BCUT2D eigenvalue weighted by molar-refractivity contribution is 0.0524. The Hall–Kier alpha value is -2.70. The standard InChI is InChI=1S/C19H26N2O5/c1-19(2,3)26-18(23)20-10-7-11-25-15-9-6-8-13-12-14(17(22)24-5)21(4)16(13)15/h6,8-9,12H,7,10-11H2,1-5H3,(H,20,23). The van der Waals surface area contributed by atoms with Crippen LogP contribution in [0.25, 0.3) is 10.9 Å². The van der Waals surface area contributed by atoms with Crippen molar-refractivity contribution in [1.29, 1.82) is 0 Å². The van der Waals surface area contributed by atoms with Gasteiger partial charge >= 0.3 is 12.1 Å². The van der Waals surface area contributed by atoms with E-state index in [4.69, 9.17) is 14.2 Å². The smallest absolute Gasteiger partial charge is 0.407 e. The molecule has 7 heteroatoms. The number of amides is 1. The van der Waals surface area contributed by atoms with Gasteiger partial charge in [0.15, 0.2) is 0 Å². The summed E-state index contributed by atoms with van der Waals surface area (Å²) in [6.07, 6.45) is 0.189. The highest BCUT2D eigenvalue weighted by Crippen LogP contribution is 2.28. The average molecular weight is 362 g/mol. The van der Waals surface area contributed by atoms with Gasteiger partial charge in [-0.05, 0) is 39.3 Å². The largest absolute Gasteiger partial charge is 0.491 e. The minimum absolute atomic E-state index is 0.392. The highest BCUT2D eigenvalue weighted by molar-refractivity contribution is 5.97. The number of rotatable bonds is 6. The van der Waals surface area contributed by atoms with E-state index in [2.05, 4.69) is 5.32 Å². The molecule has 0 bridgehead atoms. The minimum Gasteiger partial charge on any atom is -0.491 e. The van der Waals surface area contributed by atoms with Gasteiger partial charge in [-0.15, -0.1) is 0 Å². The molecule has 0 saturated carbocycles. The van der Waals surface area contributed by atoms with Crippen LogP contribution in [0.5, 0.6) is 5.75 Å². The third kappa shape index (κ3) is 4.91. The summed E-state index contributed by atoms with van der Waals surface area (Å²) in [5.41, 5.74) is 0.776. The number of aryl methyl sites for hydroxylation is 1. The van der Waals surface area contributed by atoms with E-state index in [0.29, 0.717) is 31.0 Å². The minimum atomic E-state index is -0.514. The van der Waals surface area contributed by atoms with Crippen molar-refractivity contribution in [3.8, 4) is 5.75 Å². The molecule has 1 amide bonds. The topological polar surface area (TPSA) is 78.8 Å². The molecule has 0 spiro atoms. The second-order valence-electron chi connectivity index (χ2n) is 6.90. The quantitative estimate of drug-likeness (QED) is 0.630. The van der Waals surface area contributed by atoms with Gasteiger partial charge in [-0.2, -0.15) is 0 Å². The van der Waals surface area contributed by atoms with E-state index in [1.54, 1.807) is 17.7 Å². The van der Waals surface area contributed by atoms with Crippen molar-refractivity contribution in [2.24, 2.45) is 7.05 Å². The molecule has 0 atom stereocenters. The zero-order valence-electron chi connectivity index (χ0n) is 15.9. The van der Waals surface area contributed by atoms with Crippen LogP contribution >= 0.6 is 0 Å². The molecule has 0 aliphatic heterocycles. The fourth-order valence-corrected chi connectivity index (χ4v) is 2.56. The number of hydrogen-bond acceptors (Lipinski definition) is 5. The first-order valence-corrected chi connectivity index (χ1v) is 8.49. The van der Waals surface area contributed by atoms with Crippen molar-refractivity contribution in [1.82, 2.24) is 9.88 Å². The van der Waals surface area contributed by atoms with Gasteiger partial charge in [0, 0.05) is 19.0 Å². The number of carbonyl (C=O) groups excluding carboxylic acids is 2. The zero-order chi connectivity index (χ0) is 19.3. The molecule has 2 rings (SSSR count). The van der Waals surface area contributed by atoms with Crippen LogP contribution in [-0.4, -0.2) is 42.5 Å². The Kier molecular flexibility index (Phi) is 6.13. The van der Waals surface area contributed by atoms with E-state index < -0.39 is 17.7 Å². The van der Waals surface area contributed by atoms with Gasteiger partial charge in [0.1, 0.15) is 17.0 Å². The summed E-state index contributed by atoms with van der Waals surface area (Å²) < 4.78 is 17.6. The molecule has 1 aromatic carbocycles. The summed E-state index contributed by atoms with van der Waals surface area (Å²) in [4.78, 5) is 23.4. The summed E-state index contributed by atoms with van der Waals surface area (Å²) >= 11 is 0. The van der Waals surface area contributed by atoms with Crippen LogP contribution in [-0.2, 0) is 16.5 Å². The number of para-hydroxylation sites is 1. The van der Waals surface area contributed by atoms with Gasteiger partial charge in [0.05, 0.1) is 19.2 Å². The average Bonchev–Trinajstić information content (AvgIpc) is 2.90. The number of methoxy groups -OCH3 is 1. The van der Waals surface area contributed by atoms with Gasteiger partial charge in [0.25, 0.3) is 0 Å². The molecular weight excluding hydrogens is 336 g/mol. The molecule has 0 aliphatic rings. The molecule has 7 nitrogen and oxygen atoms in total. The predicted molar refractivity (Wildman–Crippen MR) is 98.6 cm³/mol. The second-order valence-corrected chi connectivity index (χ2v) is 6.90. The lowest BCUT2D eigenvalue weighted by Gasteiger charge is -2.19. The number of esters is 1. The van der Waals surface area contributed by atoms with Crippen LogP contribution in [0.1, 0.15) is 37.7 Å². The number of aromatic nitrogens is 1. The summed E-state index contributed by atoms with van der Waals surface area (Å²) in [6.45, 7) is 6.33. The van der Waals surface area contributed by atoms with Gasteiger partial charge < -0.3 is 24.1 Å². The molecule has 0 fully saturated rings. The number of alkyl carbamates (subject to hydrolysis) is 1. The Morgan fingerprint density at radius 1 is 1.23 bits per heavy atom. The molecule has 1 aromatic heterocycles. The third-order valence-corrected chi connectivity index (χ3v) is 3.66. The normalized spacial score (nSPS) is 11.3. The van der Waals surface area contributed by atoms with E-state index in [0.717, 1.165) is 10.9 Å². The van der Waals surface area contributed by atoms with Gasteiger partial charge in [-0.1, -0.05) is 12.1 Å². The van der Waals surface area contributed by atoms with Gasteiger partial charge in [-0.25, -0.2) is 9.59 Å². The van der Waals surface area contributed by atoms with Crippen molar-refractivity contribution in [2.45, 2.75) is 32.8 Å². The maximum absolute atomic E-state index is 11.8. The molecule has 0 radical (unpaired) electrons. The number of nitrogens with one attached hydrogen (secondary N) is 1. The molecule has 26 heavy (non-hydrogen) atoms. The van der Waals surface area contributed by atoms with Crippen LogP contribution in [0.15, 0.2) is 24.3 Å². The first kappa shape index (κ1) is 19.6. The van der Waals surface area contributed by atoms with Crippen LogP contribution in [0.4, 0.5) is 4.79 Å². The van der Waals surface area contributed by atoms with E-state index in [-0.39, 0.29) is 0 Å². The first-order valence-electron chi connectivity index (χ1n) is 8.49. The first-order chi connectivity index (χ1) is 12.2. The third-order valence-electron chi connectivity index (χ3n) is 3.66. The van der Waals surface area contributed by atoms with Crippen molar-refractivity contribution in [3.05, 3.63) is 30.0 Å². The lowest BCUT2D eigenvalue weighted by atomic mass is 10.2. The monoisotopic (exact) mass is 362 g/mol. The Labute approximate surface area is 153 Å². The van der Waals surface area contributed by atoms with Gasteiger partial charge in [-0.3, -0.25) is 0 Å². The molecule has 0 unspecified atom stereocenters. The summed E-state index contributed by atoms with van der Waals surface area (Å²) in [5, 5.41) is 3.59. The number of fused-ring (bicyclic) bond motifs is 1. The van der Waals surface area contributed by atoms with Crippen LogP contribution in [0, 0.1) is 0 Å². The van der Waals surface area contributed by atoms with Crippen molar-refractivity contribution in [3.63, 3.8) is 0 Å². The Bertz CT molecular complexity index is 789. The lowest BCUT2D eigenvalue weighted by Crippen LogP contribution is -2.33. The summed E-state index contributed by atoms with van der Waals surface area (Å²) in [7, 11) is 3.15. The van der Waals surface area contributed by atoms with E-state index in [1.807, 2.05) is 39.0 Å². The number of hydrogen-bond donors (Lipinski definition) is 1. The van der Waals surface area contributed by atoms with Crippen LogP contribution in [0.2, 0.25) is 0 Å². The number of carbonyl (C=O) groups is 2. The number of benzene rings is 1. The Morgan fingerprint density at radius 3 is 2.62 bits per heavy atom. The SMILES string of the molecule is COC(=O)c1cc2cccc(OCCCNC(=O)OC(C)(C)C)c2n1C. The maximum atomic E-state index is 11.8. The van der Waals surface area contributed by atoms with Crippen molar-refractivity contribution < 1.29 is 23.8 Å². The highest BCUT2D eigenvalue weighted by atomic mass is 16.6. The molecular formula is C19H26N2O5. The van der Waals surface area contributed by atoms with E-state index in [1.165, 1.54) is 7.11 Å². The maximum Gasteiger partial charge on any atom is 0.407 e. The fourth-order valence-electron chi connectivity index (χ4n) is 2.56. The van der Waals surface area contributed by atoms with Crippen molar-refractivity contribution in [2.75, 3.05) is 20.3 Å². The fraction of sp³-hybridized carbons (Fsp3) is 0.474. The Balaban J connectivity index is 1.94. The Morgan fingerprint density at radius 2 is 1.96 bits per heavy atom. The van der Waals surface area contributed by atoms with Crippen LogP contribution in [0.3, 0.4) is 0 Å². The molecule has 1 heterocycles. The highest BCUT2D eigenvalue weighted by Gasteiger charge is 2.17. The zero-order valence-corrected chi connectivity index (χ0v) is 15.9. The van der Waals surface area contributed by atoms with E-state index in [9.17, 15) is 9.59 Å².